The van der Waals surface area contributed by atoms with Crippen LogP contribution in [-0.2, 0) is 0 Å². The smallest absolute Gasteiger partial charge is 0.324 e. The topological polar surface area (TPSA) is 131 Å². The molecule has 2 heterocycles. The largest absolute Gasteiger partial charge is 0.479 e. The number of anilines is 3. The third-order valence-corrected chi connectivity index (χ3v) is 3.42. The number of nitrogens with one attached hydrogen (secondary N) is 3. The maximum atomic E-state index is 14.0. The first-order valence-corrected chi connectivity index (χ1v) is 6.93. The van der Waals surface area contributed by atoms with Crippen LogP contribution in [0.15, 0.2) is 18.5 Å². The Morgan fingerprint density at radius 3 is 2.92 bits per heavy atom. The fourth-order valence-electron chi connectivity index (χ4n) is 2.01. The number of aromatic nitrogens is 4. The van der Waals surface area contributed by atoms with E-state index in [1.54, 1.807) is 0 Å². The van der Waals surface area contributed by atoms with Crippen molar-refractivity contribution < 1.29 is 13.9 Å². The molecule has 11 heteroatoms. The second-order valence-corrected chi connectivity index (χ2v) is 4.99. The molecule has 0 fully saturated rings. The number of nitrogens with two attached hydrogens (primary N) is 1. The second-order valence-electron chi connectivity index (χ2n) is 4.58. The number of methoxy groups -OCH3 is 1. The van der Waals surface area contributed by atoms with Gasteiger partial charge in [0.25, 0.3) is 0 Å². The summed E-state index contributed by atoms with van der Waals surface area (Å²) in [4.78, 5) is 20.1. The number of halogens is 2. The van der Waals surface area contributed by atoms with Crippen LogP contribution >= 0.6 is 11.6 Å². The number of nitrogen functional groups attached to an aromatic ring is 1. The van der Waals surface area contributed by atoms with Crippen molar-refractivity contribution in [3.8, 4) is 5.88 Å². The van der Waals surface area contributed by atoms with Crippen LogP contribution in [0.4, 0.5) is 26.4 Å². The van der Waals surface area contributed by atoms with Crippen molar-refractivity contribution in [1.29, 1.82) is 0 Å². The number of urea groups is 1. The summed E-state index contributed by atoms with van der Waals surface area (Å²) in [5, 5.41) is 11.6. The quantitative estimate of drug-likeness (QED) is 0.536. The van der Waals surface area contributed by atoms with E-state index in [-0.39, 0.29) is 28.1 Å². The molecule has 0 atom stereocenters. The number of hydrogen-bond donors (Lipinski definition) is 4. The number of nitrogens with zero attached hydrogens (tertiary/aromatic N) is 3. The second kappa shape index (κ2) is 6.16. The number of hydrogen-bond acceptors (Lipinski definition) is 6. The molecular formula is C13H11ClFN7O2. The zero-order valence-corrected chi connectivity index (χ0v) is 13.0. The molecule has 0 unspecified atom stereocenters. The first-order valence-electron chi connectivity index (χ1n) is 6.55. The lowest BCUT2D eigenvalue weighted by Gasteiger charge is -2.11. The van der Waals surface area contributed by atoms with Crippen molar-refractivity contribution in [2.75, 3.05) is 23.5 Å². The van der Waals surface area contributed by atoms with Gasteiger partial charge in [0.05, 0.1) is 23.5 Å². The molecule has 0 spiro atoms. The highest BCUT2D eigenvalue weighted by Gasteiger charge is 2.17. The fraction of sp³-hybridized carbons (Fsp3) is 0.0769. The highest BCUT2D eigenvalue weighted by molar-refractivity contribution is 6.34. The Balaban J connectivity index is 1.89. The Hall–Kier alpha value is -3.14. The van der Waals surface area contributed by atoms with Gasteiger partial charge in [0.1, 0.15) is 11.7 Å². The molecule has 1 aromatic carbocycles. The van der Waals surface area contributed by atoms with E-state index < -0.39 is 11.8 Å². The van der Waals surface area contributed by atoms with E-state index in [0.29, 0.717) is 11.0 Å². The maximum absolute atomic E-state index is 14.0. The van der Waals surface area contributed by atoms with Crippen LogP contribution in [0.2, 0.25) is 5.02 Å². The predicted octanol–water partition coefficient (Wildman–Crippen LogP) is 2.38. The van der Waals surface area contributed by atoms with Crippen LogP contribution in [0.5, 0.6) is 5.88 Å². The third kappa shape index (κ3) is 2.74. The summed E-state index contributed by atoms with van der Waals surface area (Å²) >= 11 is 5.88. The lowest BCUT2D eigenvalue weighted by Crippen LogP contribution is -2.21. The van der Waals surface area contributed by atoms with Crippen LogP contribution in [0.1, 0.15) is 0 Å². The lowest BCUT2D eigenvalue weighted by atomic mass is 10.2. The summed E-state index contributed by atoms with van der Waals surface area (Å²) in [5.74, 6) is -0.496. The molecule has 0 aliphatic carbocycles. The zero-order valence-electron chi connectivity index (χ0n) is 12.2. The van der Waals surface area contributed by atoms with Gasteiger partial charge >= 0.3 is 6.03 Å². The number of H-pyrrole nitrogens is 1. The average Bonchev–Trinajstić information content (AvgIpc) is 2.99. The van der Waals surface area contributed by atoms with E-state index in [2.05, 4.69) is 30.8 Å². The Morgan fingerprint density at radius 1 is 1.38 bits per heavy atom. The highest BCUT2D eigenvalue weighted by Crippen LogP contribution is 2.30. The summed E-state index contributed by atoms with van der Waals surface area (Å²) in [6, 6.07) is 1.90. The first-order chi connectivity index (χ1) is 11.5. The Morgan fingerprint density at radius 2 is 2.17 bits per heavy atom. The summed E-state index contributed by atoms with van der Waals surface area (Å²) in [6.07, 6.45) is 1.23. The van der Waals surface area contributed by atoms with Gasteiger partial charge < -0.3 is 15.8 Å². The number of carbonyl (C=O) groups is 1. The molecule has 3 rings (SSSR count). The molecule has 0 saturated carbocycles. The van der Waals surface area contributed by atoms with Crippen molar-refractivity contribution in [3.63, 3.8) is 0 Å². The van der Waals surface area contributed by atoms with E-state index in [1.807, 2.05) is 0 Å². The molecule has 0 aliphatic heterocycles. The van der Waals surface area contributed by atoms with Crippen LogP contribution < -0.4 is 21.1 Å². The van der Waals surface area contributed by atoms with Gasteiger partial charge in [0.15, 0.2) is 17.3 Å². The zero-order chi connectivity index (χ0) is 17.3. The van der Waals surface area contributed by atoms with Crippen molar-refractivity contribution in [2.45, 2.75) is 0 Å². The number of carbonyl (C=O) groups excluding carboxylic acids is 1. The van der Waals surface area contributed by atoms with Gasteiger partial charge in [0.2, 0.25) is 5.88 Å². The van der Waals surface area contributed by atoms with E-state index in [1.165, 1.54) is 25.6 Å². The summed E-state index contributed by atoms with van der Waals surface area (Å²) in [7, 11) is 1.41. The monoisotopic (exact) mass is 351 g/mol. The summed E-state index contributed by atoms with van der Waals surface area (Å²) in [5.41, 5.74) is 5.45. The molecule has 0 saturated heterocycles. The molecule has 3 aromatic rings. The highest BCUT2D eigenvalue weighted by atomic mass is 35.5. The van der Waals surface area contributed by atoms with Gasteiger partial charge in [0, 0.05) is 0 Å². The van der Waals surface area contributed by atoms with E-state index in [4.69, 9.17) is 22.1 Å². The molecule has 0 radical (unpaired) electrons. The van der Waals surface area contributed by atoms with Crippen LogP contribution in [-0.4, -0.2) is 33.3 Å². The van der Waals surface area contributed by atoms with Crippen molar-refractivity contribution in [1.82, 2.24) is 20.2 Å². The molecule has 0 bridgehead atoms. The molecular weight excluding hydrogens is 341 g/mol. The summed E-state index contributed by atoms with van der Waals surface area (Å²) < 4.78 is 19.0. The van der Waals surface area contributed by atoms with E-state index in [9.17, 15) is 9.18 Å². The minimum absolute atomic E-state index is 0.00516. The van der Waals surface area contributed by atoms with Gasteiger partial charge in [-0.25, -0.2) is 19.2 Å². The minimum atomic E-state index is -0.827. The van der Waals surface area contributed by atoms with Gasteiger partial charge in [-0.3, -0.25) is 10.4 Å². The van der Waals surface area contributed by atoms with Crippen LogP contribution in [0.3, 0.4) is 0 Å². The molecule has 2 amide bonds. The minimum Gasteiger partial charge on any atom is -0.479 e. The Kier molecular flexibility index (Phi) is 4.04. The summed E-state index contributed by atoms with van der Waals surface area (Å²) in [6.45, 7) is 0. The molecule has 2 aromatic heterocycles. The molecule has 9 nitrogen and oxygen atoms in total. The van der Waals surface area contributed by atoms with Gasteiger partial charge in [-0.2, -0.15) is 0 Å². The molecule has 24 heavy (non-hydrogen) atoms. The molecule has 0 aliphatic rings. The van der Waals surface area contributed by atoms with Gasteiger partial charge in [-0.05, 0) is 12.1 Å². The number of ether oxygens (including phenoxy) is 1. The Bertz CT molecular complexity index is 930. The predicted molar refractivity (Wildman–Crippen MR) is 86.7 cm³/mol. The standard InChI is InChI=1S/C13H11ClFN7O2/c1-24-12-7-10(17-4-18-11(7)21-22-12)20-13(23)19-9-5(14)2-3-6(16)8(9)15/h2-4H,16H2,1H3,(H3,17,18,19,20,21,22,23). The SMILES string of the molecule is COc1n[nH]c2ncnc(NC(=O)Nc3c(Cl)ccc(N)c3F)c12. The van der Waals surface area contributed by atoms with Crippen LogP contribution in [0.25, 0.3) is 11.0 Å². The molecule has 124 valence electrons. The Labute approximate surface area is 139 Å². The maximum Gasteiger partial charge on any atom is 0.324 e. The van der Waals surface area contributed by atoms with Gasteiger partial charge in [-0.1, -0.05) is 11.6 Å². The first kappa shape index (κ1) is 15.7. The average molecular weight is 352 g/mol. The van der Waals surface area contributed by atoms with Crippen molar-refractivity contribution in [3.05, 3.63) is 29.3 Å². The van der Waals surface area contributed by atoms with Gasteiger partial charge in [-0.15, -0.1) is 5.10 Å². The fourth-order valence-corrected chi connectivity index (χ4v) is 2.20. The van der Waals surface area contributed by atoms with E-state index >= 15 is 0 Å². The number of amides is 2. The van der Waals surface area contributed by atoms with E-state index in [0.717, 1.165) is 0 Å². The number of benzene rings is 1. The normalized spacial score (nSPS) is 10.6. The molecule has 5 N–H and O–H groups in total. The third-order valence-electron chi connectivity index (χ3n) is 3.11. The van der Waals surface area contributed by atoms with Crippen LogP contribution in [0, 0.1) is 5.82 Å². The number of rotatable bonds is 3. The van der Waals surface area contributed by atoms with Crippen molar-refractivity contribution in [2.24, 2.45) is 0 Å². The number of aromatic amines is 1. The number of fused-ring (bicyclic) bond motifs is 1. The van der Waals surface area contributed by atoms with Crippen molar-refractivity contribution >= 4 is 45.9 Å². The lowest BCUT2D eigenvalue weighted by molar-refractivity contribution is 0.262.